The Hall–Kier alpha value is -2.56. The lowest BCUT2D eigenvalue weighted by atomic mass is 10.1. The van der Waals surface area contributed by atoms with Gasteiger partial charge in [0.2, 0.25) is 15.9 Å². The summed E-state index contributed by atoms with van der Waals surface area (Å²) in [7, 11) is -3.71. The van der Waals surface area contributed by atoms with Crippen LogP contribution in [0.5, 0.6) is 5.75 Å². The summed E-state index contributed by atoms with van der Waals surface area (Å²) in [6.07, 6.45) is -0.524. The Morgan fingerprint density at radius 3 is 2.62 bits per heavy atom. The molecule has 1 aliphatic rings. The molecule has 1 saturated heterocycles. The monoisotopic (exact) mass is 502 g/mol. The molecule has 1 aromatic heterocycles. The summed E-state index contributed by atoms with van der Waals surface area (Å²) in [6, 6.07) is 12.5. The summed E-state index contributed by atoms with van der Waals surface area (Å²) >= 11 is 1.31. The fraction of sp³-hybridized carbons (Fsp3) is 0.417. The number of nitrogens with zero attached hydrogens (tertiary/aromatic N) is 3. The Balaban J connectivity index is 1.47. The van der Waals surface area contributed by atoms with Crippen LogP contribution in [-0.4, -0.2) is 65.1 Å². The van der Waals surface area contributed by atoms with E-state index in [1.165, 1.54) is 16.1 Å². The van der Waals surface area contributed by atoms with Crippen molar-refractivity contribution in [3.8, 4) is 5.75 Å². The fourth-order valence-corrected chi connectivity index (χ4v) is 6.69. The van der Waals surface area contributed by atoms with Crippen molar-refractivity contribution in [3.63, 3.8) is 0 Å². The van der Waals surface area contributed by atoms with Gasteiger partial charge in [0.05, 0.1) is 28.3 Å². The molecule has 1 N–H and O–H groups in total. The highest BCUT2D eigenvalue weighted by Crippen LogP contribution is 2.30. The van der Waals surface area contributed by atoms with Gasteiger partial charge in [-0.2, -0.15) is 4.31 Å². The summed E-state index contributed by atoms with van der Waals surface area (Å²) < 4.78 is 33.7. The van der Waals surface area contributed by atoms with E-state index in [0.29, 0.717) is 18.3 Å². The Morgan fingerprint density at radius 1 is 1.21 bits per heavy atom. The number of benzene rings is 2. The third-order valence-electron chi connectivity index (χ3n) is 5.79. The normalized spacial score (nSPS) is 17.1. The van der Waals surface area contributed by atoms with E-state index in [9.17, 15) is 13.2 Å². The largest absolute Gasteiger partial charge is 0.494 e. The molecule has 4 rings (SSSR count). The van der Waals surface area contributed by atoms with Gasteiger partial charge in [-0.15, -0.1) is 0 Å². The van der Waals surface area contributed by atoms with Crippen molar-refractivity contribution < 1.29 is 17.9 Å². The van der Waals surface area contributed by atoms with Crippen LogP contribution in [0, 0.1) is 12.8 Å². The van der Waals surface area contributed by atoms with E-state index >= 15 is 0 Å². The van der Waals surface area contributed by atoms with E-state index < -0.39 is 16.2 Å². The number of carbonyl (C=O) groups excluding carboxylic acids is 1. The topological polar surface area (TPSA) is 95.6 Å². The van der Waals surface area contributed by atoms with Gasteiger partial charge in [0.1, 0.15) is 11.9 Å². The van der Waals surface area contributed by atoms with Crippen LogP contribution in [0.1, 0.15) is 26.3 Å². The number of sulfonamides is 1. The standard InChI is InChI=1S/C24H30N4O4S2/c1-5-32-18-8-11-20-21(14-18)26-24(25-20)33-15-22(29)27-12-13-28(23(27)16(2)3)34(30,31)19-9-6-17(4)7-10-19/h6-11,14,16,23H,5,12-13,15H2,1-4H3,(H,25,26)/t23-/m1/s1. The molecular formula is C24H30N4O4S2. The molecule has 182 valence electrons. The SMILES string of the molecule is CCOc1ccc2nc(SCC(=O)N3CCN(S(=O)(=O)c4ccc(C)cc4)[C@@H]3C(C)C)[nH]c2c1. The minimum Gasteiger partial charge on any atom is -0.494 e. The van der Waals surface area contributed by atoms with Gasteiger partial charge in [-0.05, 0) is 44.0 Å². The van der Waals surface area contributed by atoms with Crippen molar-refractivity contribution in [3.05, 3.63) is 48.0 Å². The number of rotatable bonds is 8. The van der Waals surface area contributed by atoms with Gasteiger partial charge in [-0.1, -0.05) is 43.3 Å². The second kappa shape index (κ2) is 9.97. The van der Waals surface area contributed by atoms with Gasteiger partial charge in [0.15, 0.2) is 5.16 Å². The van der Waals surface area contributed by atoms with Crippen molar-refractivity contribution in [2.24, 2.45) is 5.92 Å². The van der Waals surface area contributed by atoms with Gasteiger partial charge < -0.3 is 14.6 Å². The predicted molar refractivity (Wildman–Crippen MR) is 133 cm³/mol. The zero-order valence-electron chi connectivity index (χ0n) is 19.8. The fourth-order valence-electron chi connectivity index (χ4n) is 4.20. The van der Waals surface area contributed by atoms with Crippen molar-refractivity contribution in [2.45, 2.75) is 43.9 Å². The van der Waals surface area contributed by atoms with Crippen LogP contribution < -0.4 is 4.74 Å². The lowest BCUT2D eigenvalue weighted by molar-refractivity contribution is -0.130. The van der Waals surface area contributed by atoms with Crippen LogP contribution in [0.4, 0.5) is 0 Å². The smallest absolute Gasteiger partial charge is 0.244 e. The van der Waals surface area contributed by atoms with Crippen LogP contribution in [-0.2, 0) is 14.8 Å². The zero-order valence-corrected chi connectivity index (χ0v) is 21.4. The van der Waals surface area contributed by atoms with Crippen LogP contribution in [0.15, 0.2) is 52.5 Å². The molecule has 0 unspecified atom stereocenters. The van der Waals surface area contributed by atoms with Crippen molar-refractivity contribution >= 4 is 38.7 Å². The highest BCUT2D eigenvalue weighted by atomic mass is 32.2. The van der Waals surface area contributed by atoms with Crippen molar-refractivity contribution in [2.75, 3.05) is 25.4 Å². The average molecular weight is 503 g/mol. The van der Waals surface area contributed by atoms with Crippen molar-refractivity contribution in [1.29, 1.82) is 0 Å². The van der Waals surface area contributed by atoms with E-state index in [1.807, 2.05) is 45.9 Å². The number of H-pyrrole nitrogens is 1. The first-order chi connectivity index (χ1) is 16.2. The summed E-state index contributed by atoms with van der Waals surface area (Å²) in [5.41, 5.74) is 2.64. The van der Waals surface area contributed by atoms with E-state index in [-0.39, 0.29) is 29.0 Å². The molecule has 1 fully saturated rings. The molecule has 0 bridgehead atoms. The second-order valence-corrected chi connectivity index (χ2v) is 11.5. The number of amides is 1. The molecule has 1 atom stereocenters. The molecule has 34 heavy (non-hydrogen) atoms. The molecule has 0 radical (unpaired) electrons. The van der Waals surface area contributed by atoms with Crippen LogP contribution >= 0.6 is 11.8 Å². The number of hydrogen-bond donors (Lipinski definition) is 1. The predicted octanol–water partition coefficient (Wildman–Crippen LogP) is 3.88. The number of aromatic amines is 1. The summed E-state index contributed by atoms with van der Waals surface area (Å²) in [6.45, 7) is 8.96. The third-order valence-corrected chi connectivity index (χ3v) is 8.54. The maximum atomic E-state index is 13.3. The number of imidazole rings is 1. The van der Waals surface area contributed by atoms with Gasteiger partial charge in [0.25, 0.3) is 0 Å². The van der Waals surface area contributed by atoms with E-state index in [1.54, 1.807) is 29.2 Å². The Labute approximate surface area is 204 Å². The quantitative estimate of drug-likeness (QED) is 0.470. The maximum Gasteiger partial charge on any atom is 0.244 e. The molecule has 0 spiro atoms. The Bertz CT molecular complexity index is 1270. The first-order valence-electron chi connectivity index (χ1n) is 11.3. The van der Waals surface area contributed by atoms with Gasteiger partial charge >= 0.3 is 0 Å². The van der Waals surface area contributed by atoms with Crippen LogP contribution in [0.3, 0.4) is 0 Å². The lowest BCUT2D eigenvalue weighted by Crippen LogP contribution is -2.48. The minimum absolute atomic E-state index is 0.0557. The lowest BCUT2D eigenvalue weighted by Gasteiger charge is -2.32. The van der Waals surface area contributed by atoms with Gasteiger partial charge in [-0.25, -0.2) is 13.4 Å². The number of carbonyl (C=O) groups is 1. The summed E-state index contributed by atoms with van der Waals surface area (Å²) in [5, 5.41) is 0.640. The summed E-state index contributed by atoms with van der Waals surface area (Å²) in [5.74, 6) is 0.762. The molecule has 8 nitrogen and oxygen atoms in total. The van der Waals surface area contributed by atoms with E-state index in [0.717, 1.165) is 22.3 Å². The highest BCUT2D eigenvalue weighted by molar-refractivity contribution is 7.99. The number of fused-ring (bicyclic) bond motifs is 1. The third kappa shape index (κ3) is 4.94. The van der Waals surface area contributed by atoms with Gasteiger partial charge in [-0.3, -0.25) is 4.79 Å². The molecule has 1 amide bonds. The number of aryl methyl sites for hydroxylation is 1. The Morgan fingerprint density at radius 2 is 1.94 bits per heavy atom. The number of nitrogens with one attached hydrogen (secondary N) is 1. The molecule has 2 aromatic carbocycles. The average Bonchev–Trinajstić information content (AvgIpc) is 3.42. The number of hydrogen-bond acceptors (Lipinski definition) is 6. The molecule has 3 aromatic rings. The van der Waals surface area contributed by atoms with E-state index in [2.05, 4.69) is 9.97 Å². The zero-order chi connectivity index (χ0) is 24.5. The molecule has 0 aliphatic carbocycles. The van der Waals surface area contributed by atoms with Crippen LogP contribution in [0.2, 0.25) is 0 Å². The second-order valence-electron chi connectivity index (χ2n) is 8.62. The van der Waals surface area contributed by atoms with Crippen molar-refractivity contribution in [1.82, 2.24) is 19.2 Å². The highest BCUT2D eigenvalue weighted by Gasteiger charge is 2.43. The molecule has 0 saturated carbocycles. The first-order valence-corrected chi connectivity index (χ1v) is 13.8. The molecule has 10 heteroatoms. The molecular weight excluding hydrogens is 472 g/mol. The minimum atomic E-state index is -3.71. The van der Waals surface area contributed by atoms with Crippen LogP contribution in [0.25, 0.3) is 11.0 Å². The maximum absolute atomic E-state index is 13.3. The molecule has 2 heterocycles. The number of aromatic nitrogens is 2. The number of thioether (sulfide) groups is 1. The Kier molecular flexibility index (Phi) is 7.20. The summed E-state index contributed by atoms with van der Waals surface area (Å²) in [4.78, 5) is 22.9. The first kappa shape index (κ1) is 24.6. The van der Waals surface area contributed by atoms with Gasteiger partial charge in [0, 0.05) is 19.2 Å². The van der Waals surface area contributed by atoms with E-state index in [4.69, 9.17) is 4.74 Å². The molecule has 1 aliphatic heterocycles. The number of ether oxygens (including phenoxy) is 1.